The third-order valence-corrected chi connectivity index (χ3v) is 13.7. The monoisotopic (exact) mass is 1010 g/mol. The van der Waals surface area contributed by atoms with Crippen LogP contribution in [0, 0.1) is 11.6 Å². The van der Waals surface area contributed by atoms with Gasteiger partial charge in [0, 0.05) is 70.4 Å². The van der Waals surface area contributed by atoms with Gasteiger partial charge in [-0.15, -0.1) is 22.7 Å². The molecular weight excluding hydrogens is 958 g/mol. The number of benzene rings is 4. The molecule has 72 heavy (non-hydrogen) atoms. The van der Waals surface area contributed by atoms with Gasteiger partial charge in [-0.1, -0.05) is 99.8 Å². The van der Waals surface area contributed by atoms with Crippen LogP contribution >= 0.6 is 22.7 Å². The van der Waals surface area contributed by atoms with Gasteiger partial charge in [0.1, 0.15) is 28.7 Å². The van der Waals surface area contributed by atoms with E-state index in [1.165, 1.54) is 63.7 Å². The minimum atomic E-state index is -1.13. The fourth-order valence-electron chi connectivity index (χ4n) is 8.90. The molecule has 10 aromatic rings. The highest BCUT2D eigenvalue weighted by atomic mass is 32.1. The van der Waals surface area contributed by atoms with E-state index in [-0.39, 0.29) is 54.3 Å². The number of thiazole rings is 2. The molecule has 0 spiro atoms. The summed E-state index contributed by atoms with van der Waals surface area (Å²) in [6.07, 6.45) is 11.8. The van der Waals surface area contributed by atoms with E-state index in [9.17, 15) is 23.5 Å². The number of carbonyl (C=O) groups excluding carboxylic acids is 1. The number of nitrogens with zero attached hydrogens (tertiary/aromatic N) is 9. The fraction of sp³-hybridized carbons (Fsp3) is 0.222. The number of nitrogens with one attached hydrogen (secondary N) is 1. The molecule has 2 atom stereocenters. The number of likely N-dealkylation sites (tertiary alicyclic amines) is 1. The second kappa shape index (κ2) is 23.5. The van der Waals surface area contributed by atoms with Gasteiger partial charge < -0.3 is 15.3 Å². The second-order valence-electron chi connectivity index (χ2n) is 16.7. The maximum absolute atomic E-state index is 14.7. The van der Waals surface area contributed by atoms with Crippen molar-refractivity contribution in [3.05, 3.63) is 180 Å². The average molecular weight is 1010 g/mol. The molecule has 0 aliphatic carbocycles. The first-order chi connectivity index (χ1) is 33.8. The number of aromatic carboxylic acids is 1. The van der Waals surface area contributed by atoms with Gasteiger partial charge in [-0.25, -0.2) is 23.5 Å². The van der Waals surface area contributed by atoms with Crippen molar-refractivity contribution in [2.24, 2.45) is 0 Å². The molecule has 2 aliphatic rings. The van der Waals surface area contributed by atoms with Gasteiger partial charge in [-0.05, 0) is 68.6 Å². The van der Waals surface area contributed by atoms with Gasteiger partial charge in [-0.2, -0.15) is 10.2 Å². The van der Waals surface area contributed by atoms with Crippen LogP contribution in [0.15, 0.2) is 157 Å². The molecule has 6 aromatic heterocycles. The predicted octanol–water partition coefficient (Wildman–Crippen LogP) is 12.0. The van der Waals surface area contributed by atoms with E-state index in [0.717, 1.165) is 42.9 Å². The highest BCUT2D eigenvalue weighted by Gasteiger charge is 2.34. The summed E-state index contributed by atoms with van der Waals surface area (Å²) in [5, 5.41) is 25.7. The normalized spacial score (nSPS) is 14.9. The van der Waals surface area contributed by atoms with E-state index in [2.05, 4.69) is 44.8 Å². The summed E-state index contributed by atoms with van der Waals surface area (Å²) in [5.74, 6) is -2.11. The number of carboxylic acid groups (broad SMARTS) is 1. The quantitative estimate of drug-likeness (QED) is 0.138. The number of hydrogen-bond donors (Lipinski definition) is 2. The number of halogens is 3. The number of hydrogen-bond acceptors (Lipinski definition) is 9. The van der Waals surface area contributed by atoms with E-state index in [1.807, 2.05) is 86.6 Å². The molecule has 2 N–H and O–H groups in total. The Hall–Kier alpha value is -7.67. The molecule has 2 aliphatic heterocycles. The SMILES string of the molecule is C.C.F.O=C(O)c1c(-c2ccccc2F)nc2sccn12.O=C(c1c(-c2ccccc2F)nc2sccn12)N1CCC[C@H]1Cn1ccc(-c2ccccc2)n1.c1ccc(-c2ccn(C[C@@H]3CCCN3)n2)cc1. The fourth-order valence-corrected chi connectivity index (χ4v) is 10.3. The maximum atomic E-state index is 14.7. The molecule has 2 fully saturated rings. The van der Waals surface area contributed by atoms with Gasteiger partial charge >= 0.3 is 5.97 Å². The number of rotatable bonds is 10. The summed E-state index contributed by atoms with van der Waals surface area (Å²) in [4.78, 5) is 37.1. The van der Waals surface area contributed by atoms with E-state index in [1.54, 1.807) is 46.3 Å². The van der Waals surface area contributed by atoms with Crippen LogP contribution < -0.4 is 5.32 Å². The predicted molar refractivity (Wildman–Crippen MR) is 280 cm³/mol. The lowest BCUT2D eigenvalue weighted by molar-refractivity contribution is 0.0687. The Morgan fingerprint density at radius 3 is 1.64 bits per heavy atom. The third-order valence-electron chi connectivity index (χ3n) is 12.2. The highest BCUT2D eigenvalue weighted by Crippen LogP contribution is 2.33. The van der Waals surface area contributed by atoms with Crippen LogP contribution in [-0.4, -0.2) is 85.4 Å². The summed E-state index contributed by atoms with van der Waals surface area (Å²) in [6, 6.07) is 37.6. The second-order valence-corrected chi connectivity index (χ2v) is 18.4. The van der Waals surface area contributed by atoms with Crippen LogP contribution in [0.1, 0.15) is 61.5 Å². The van der Waals surface area contributed by atoms with Crippen molar-refractivity contribution < 1.29 is 28.2 Å². The van der Waals surface area contributed by atoms with Crippen molar-refractivity contribution in [3.8, 4) is 45.0 Å². The van der Waals surface area contributed by atoms with E-state index in [4.69, 9.17) is 5.10 Å². The van der Waals surface area contributed by atoms with Crippen LogP contribution in [0.3, 0.4) is 0 Å². The summed E-state index contributed by atoms with van der Waals surface area (Å²) in [6.45, 7) is 3.40. The topological polar surface area (TPSA) is 140 Å². The van der Waals surface area contributed by atoms with Gasteiger partial charge in [0.05, 0.1) is 30.5 Å². The van der Waals surface area contributed by atoms with Gasteiger partial charge in [0.15, 0.2) is 15.6 Å². The Morgan fingerprint density at radius 2 is 1.12 bits per heavy atom. The molecular formula is C54H55F3N10O3S2. The number of aromatic nitrogens is 8. The first-order valence-electron chi connectivity index (χ1n) is 22.7. The molecule has 0 radical (unpaired) electrons. The molecule has 12 rings (SSSR count). The molecule has 18 heteroatoms. The van der Waals surface area contributed by atoms with Crippen molar-refractivity contribution in [2.75, 3.05) is 13.1 Å². The van der Waals surface area contributed by atoms with Crippen molar-refractivity contribution in [1.82, 2.24) is 48.5 Å². The van der Waals surface area contributed by atoms with Crippen LogP contribution in [0.5, 0.6) is 0 Å². The molecule has 0 saturated carbocycles. The lowest BCUT2D eigenvalue weighted by Gasteiger charge is -2.25. The van der Waals surface area contributed by atoms with Crippen LogP contribution in [0.4, 0.5) is 13.5 Å². The Bertz CT molecular complexity index is 3360. The van der Waals surface area contributed by atoms with E-state index < -0.39 is 11.8 Å². The number of imidazole rings is 2. The minimum absolute atomic E-state index is 0. The molecule has 1 amide bonds. The number of carbonyl (C=O) groups is 2. The van der Waals surface area contributed by atoms with Crippen molar-refractivity contribution in [1.29, 1.82) is 0 Å². The van der Waals surface area contributed by atoms with Gasteiger partial charge in [0.2, 0.25) is 0 Å². The Balaban J connectivity index is 0.000000170. The average Bonchev–Trinajstić information content (AvgIpc) is 4.22. The minimum Gasteiger partial charge on any atom is -0.476 e. The van der Waals surface area contributed by atoms with Crippen LogP contribution in [0.2, 0.25) is 0 Å². The first kappa shape index (κ1) is 52.2. The molecule has 0 bridgehead atoms. The van der Waals surface area contributed by atoms with E-state index >= 15 is 0 Å². The maximum Gasteiger partial charge on any atom is 0.355 e. The summed E-state index contributed by atoms with van der Waals surface area (Å²) in [5.41, 5.74) is 5.72. The largest absolute Gasteiger partial charge is 0.476 e. The molecule has 13 nitrogen and oxygen atoms in total. The third kappa shape index (κ3) is 11.1. The summed E-state index contributed by atoms with van der Waals surface area (Å²) < 4.78 is 35.6. The first-order valence-corrected chi connectivity index (χ1v) is 24.4. The summed E-state index contributed by atoms with van der Waals surface area (Å²) >= 11 is 2.74. The Kier molecular flexibility index (Phi) is 17.0. The number of carboxylic acids is 1. The van der Waals surface area contributed by atoms with Crippen molar-refractivity contribution in [3.63, 3.8) is 0 Å². The molecule has 372 valence electrons. The molecule has 8 heterocycles. The standard InChI is InChI=1S/C26H22FN5OS.C14H17N3.C12H7FN2O2S.2CH4.FH/c27-21-11-5-4-10-20(21)23-24(32-15-16-34-26(32)28-23)25(33)31-13-6-9-19(31)17-30-14-12-22(29-30)18-7-2-1-3-8-18;1-2-5-12(6-3-1)14-8-10-17(16-14)11-13-7-4-9-15-13;13-8-4-2-1-3-7(8)9-10(11(16)17)15-5-6-18-12(15)14-9;;;/h1-5,7-8,10-12,14-16,19H,6,9,13,17H2;1-3,5-6,8,10,13,15H,4,7,9,11H2;1-6H,(H,16,17);2*1H4;1H/t19-;13-;;;;/m00..../s1. The number of fused-ring (bicyclic) bond motifs is 2. The van der Waals surface area contributed by atoms with Crippen LogP contribution in [0.25, 0.3) is 55.0 Å². The zero-order chi connectivity index (χ0) is 47.3. The van der Waals surface area contributed by atoms with Crippen LogP contribution in [-0.2, 0) is 13.1 Å². The number of amides is 1. The lowest BCUT2D eigenvalue weighted by Crippen LogP contribution is -2.39. The lowest BCUT2D eigenvalue weighted by atomic mass is 10.1. The zero-order valence-electron chi connectivity index (χ0n) is 37.6. The molecule has 0 unspecified atom stereocenters. The highest BCUT2D eigenvalue weighted by molar-refractivity contribution is 7.15. The molecule has 2 saturated heterocycles. The van der Waals surface area contributed by atoms with E-state index in [0.29, 0.717) is 46.0 Å². The zero-order valence-corrected chi connectivity index (χ0v) is 39.2. The Labute approximate surface area is 423 Å². The summed E-state index contributed by atoms with van der Waals surface area (Å²) in [7, 11) is 0. The molecule has 4 aromatic carbocycles. The Morgan fingerprint density at radius 1 is 0.625 bits per heavy atom. The smallest absolute Gasteiger partial charge is 0.355 e. The van der Waals surface area contributed by atoms with Gasteiger partial charge in [0.25, 0.3) is 5.91 Å². The van der Waals surface area contributed by atoms with Crippen molar-refractivity contribution >= 4 is 44.5 Å². The van der Waals surface area contributed by atoms with Crippen molar-refractivity contribution in [2.45, 2.75) is 65.7 Å². The van der Waals surface area contributed by atoms with Gasteiger partial charge in [-0.3, -0.25) is 27.7 Å².